The number of carbonyl (C=O) groups is 1. The highest BCUT2D eigenvalue weighted by Crippen LogP contribution is 2.28. The van der Waals surface area contributed by atoms with Crippen molar-refractivity contribution in [3.63, 3.8) is 0 Å². The first kappa shape index (κ1) is 14.5. The molecular weight excluding hydrogens is 212 g/mol. The van der Waals surface area contributed by atoms with Gasteiger partial charge in [-0.1, -0.05) is 33.1 Å². The van der Waals surface area contributed by atoms with Crippen molar-refractivity contribution in [1.29, 1.82) is 0 Å². The van der Waals surface area contributed by atoms with Gasteiger partial charge in [0.15, 0.2) is 0 Å². The topological polar surface area (TPSA) is 41.1 Å². The van der Waals surface area contributed by atoms with Crippen LogP contribution in [-0.2, 0) is 4.79 Å². The maximum absolute atomic E-state index is 11.6. The molecule has 17 heavy (non-hydrogen) atoms. The molecule has 1 aliphatic rings. The van der Waals surface area contributed by atoms with Crippen LogP contribution in [0.3, 0.4) is 0 Å². The standard InChI is InChI=1S/C14H28N2O/c1-4-12(3)16-14(17)10-15-9-13-8-6-5-7-11(13)2/h11-13,15H,4-10H2,1-3H3,(H,16,17). The number of rotatable bonds is 6. The summed E-state index contributed by atoms with van der Waals surface area (Å²) in [6, 6.07) is 0.290. The van der Waals surface area contributed by atoms with Crippen LogP contribution in [0.25, 0.3) is 0 Å². The molecular formula is C14H28N2O. The first-order valence-corrected chi connectivity index (χ1v) is 7.13. The lowest BCUT2D eigenvalue weighted by Gasteiger charge is -2.28. The zero-order chi connectivity index (χ0) is 12.7. The molecule has 0 aromatic heterocycles. The zero-order valence-electron chi connectivity index (χ0n) is 11.6. The molecule has 0 bridgehead atoms. The quantitative estimate of drug-likeness (QED) is 0.748. The van der Waals surface area contributed by atoms with Gasteiger partial charge in [0.1, 0.15) is 0 Å². The Morgan fingerprint density at radius 2 is 2.06 bits per heavy atom. The fraction of sp³-hybridized carbons (Fsp3) is 0.929. The van der Waals surface area contributed by atoms with E-state index in [4.69, 9.17) is 0 Å². The molecule has 1 rings (SSSR count). The predicted molar refractivity (Wildman–Crippen MR) is 71.9 cm³/mol. The average Bonchev–Trinajstić information content (AvgIpc) is 2.31. The van der Waals surface area contributed by atoms with Gasteiger partial charge >= 0.3 is 0 Å². The van der Waals surface area contributed by atoms with Crippen molar-refractivity contribution in [3.8, 4) is 0 Å². The monoisotopic (exact) mass is 240 g/mol. The molecule has 0 radical (unpaired) electrons. The third kappa shape index (κ3) is 5.53. The molecule has 3 unspecified atom stereocenters. The third-order valence-electron chi connectivity index (χ3n) is 4.00. The number of carbonyl (C=O) groups excluding carboxylic acids is 1. The molecule has 1 aliphatic carbocycles. The first-order chi connectivity index (χ1) is 8.13. The summed E-state index contributed by atoms with van der Waals surface area (Å²) in [6.45, 7) is 7.93. The van der Waals surface area contributed by atoms with E-state index in [1.54, 1.807) is 0 Å². The summed E-state index contributed by atoms with van der Waals surface area (Å²) in [5, 5.41) is 6.28. The zero-order valence-corrected chi connectivity index (χ0v) is 11.6. The molecule has 0 heterocycles. The normalized spacial score (nSPS) is 26.5. The van der Waals surface area contributed by atoms with Gasteiger partial charge in [0.05, 0.1) is 6.54 Å². The van der Waals surface area contributed by atoms with Crippen molar-refractivity contribution in [2.75, 3.05) is 13.1 Å². The molecule has 3 atom stereocenters. The van der Waals surface area contributed by atoms with E-state index in [-0.39, 0.29) is 11.9 Å². The van der Waals surface area contributed by atoms with Crippen molar-refractivity contribution in [3.05, 3.63) is 0 Å². The molecule has 0 aromatic rings. The van der Waals surface area contributed by atoms with E-state index in [1.807, 2.05) is 6.92 Å². The van der Waals surface area contributed by atoms with Gasteiger partial charge in [0.25, 0.3) is 0 Å². The van der Waals surface area contributed by atoms with Crippen molar-refractivity contribution in [2.24, 2.45) is 11.8 Å². The summed E-state index contributed by atoms with van der Waals surface area (Å²) < 4.78 is 0. The summed E-state index contributed by atoms with van der Waals surface area (Å²) in [5.41, 5.74) is 0. The van der Waals surface area contributed by atoms with Crippen LogP contribution >= 0.6 is 0 Å². The van der Waals surface area contributed by atoms with Gasteiger partial charge in [-0.15, -0.1) is 0 Å². The minimum atomic E-state index is 0.128. The van der Waals surface area contributed by atoms with Crippen LogP contribution in [0.1, 0.15) is 52.9 Å². The van der Waals surface area contributed by atoms with Gasteiger partial charge in [-0.2, -0.15) is 0 Å². The highest BCUT2D eigenvalue weighted by Gasteiger charge is 2.20. The molecule has 3 nitrogen and oxygen atoms in total. The molecule has 1 fully saturated rings. The van der Waals surface area contributed by atoms with E-state index in [1.165, 1.54) is 25.7 Å². The van der Waals surface area contributed by atoms with Gasteiger partial charge in [-0.05, 0) is 38.1 Å². The maximum atomic E-state index is 11.6. The lowest BCUT2D eigenvalue weighted by atomic mass is 9.80. The summed E-state index contributed by atoms with van der Waals surface area (Å²) in [7, 11) is 0. The summed E-state index contributed by atoms with van der Waals surface area (Å²) >= 11 is 0. The van der Waals surface area contributed by atoms with Crippen LogP contribution in [-0.4, -0.2) is 25.0 Å². The summed E-state index contributed by atoms with van der Waals surface area (Å²) in [5.74, 6) is 1.71. The lowest BCUT2D eigenvalue weighted by Crippen LogP contribution is -2.40. The number of nitrogens with one attached hydrogen (secondary N) is 2. The minimum absolute atomic E-state index is 0.128. The third-order valence-corrected chi connectivity index (χ3v) is 4.00. The highest BCUT2D eigenvalue weighted by atomic mass is 16.1. The molecule has 1 amide bonds. The fourth-order valence-corrected chi connectivity index (χ4v) is 2.50. The molecule has 0 saturated heterocycles. The van der Waals surface area contributed by atoms with Crippen molar-refractivity contribution >= 4 is 5.91 Å². The first-order valence-electron chi connectivity index (χ1n) is 7.13. The Labute approximate surface area is 106 Å². The van der Waals surface area contributed by atoms with E-state index in [2.05, 4.69) is 24.5 Å². The molecule has 1 saturated carbocycles. The SMILES string of the molecule is CCC(C)NC(=O)CNCC1CCCCC1C. The molecule has 0 spiro atoms. The van der Waals surface area contributed by atoms with E-state index in [0.29, 0.717) is 6.54 Å². The largest absolute Gasteiger partial charge is 0.353 e. The Balaban J connectivity index is 2.12. The van der Waals surface area contributed by atoms with Gasteiger partial charge < -0.3 is 10.6 Å². The van der Waals surface area contributed by atoms with Crippen LogP contribution in [0, 0.1) is 11.8 Å². The van der Waals surface area contributed by atoms with E-state index < -0.39 is 0 Å². The summed E-state index contributed by atoms with van der Waals surface area (Å²) in [4.78, 5) is 11.6. The second-order valence-electron chi connectivity index (χ2n) is 5.53. The number of amides is 1. The number of hydrogen-bond donors (Lipinski definition) is 2. The Morgan fingerprint density at radius 1 is 1.35 bits per heavy atom. The van der Waals surface area contributed by atoms with Gasteiger partial charge in [-0.25, -0.2) is 0 Å². The Kier molecular flexibility index (Phi) is 6.56. The van der Waals surface area contributed by atoms with Crippen LogP contribution in [0.15, 0.2) is 0 Å². The van der Waals surface area contributed by atoms with Crippen LogP contribution in [0.4, 0.5) is 0 Å². The lowest BCUT2D eigenvalue weighted by molar-refractivity contribution is -0.120. The molecule has 3 heteroatoms. The Hall–Kier alpha value is -0.570. The molecule has 0 aromatic carbocycles. The second-order valence-corrected chi connectivity index (χ2v) is 5.53. The van der Waals surface area contributed by atoms with Crippen molar-refractivity contribution in [2.45, 2.75) is 58.9 Å². The molecule has 2 N–H and O–H groups in total. The predicted octanol–water partition coefficient (Wildman–Crippen LogP) is 2.32. The van der Waals surface area contributed by atoms with Gasteiger partial charge in [0.2, 0.25) is 5.91 Å². The molecule has 100 valence electrons. The van der Waals surface area contributed by atoms with Crippen LogP contribution in [0.2, 0.25) is 0 Å². The Morgan fingerprint density at radius 3 is 2.71 bits per heavy atom. The smallest absolute Gasteiger partial charge is 0.234 e. The van der Waals surface area contributed by atoms with Crippen molar-refractivity contribution in [1.82, 2.24) is 10.6 Å². The average molecular weight is 240 g/mol. The second kappa shape index (κ2) is 7.70. The number of hydrogen-bond acceptors (Lipinski definition) is 2. The summed E-state index contributed by atoms with van der Waals surface area (Å²) in [6.07, 6.45) is 6.40. The van der Waals surface area contributed by atoms with Gasteiger partial charge in [0, 0.05) is 6.04 Å². The Bertz CT molecular complexity index is 230. The highest BCUT2D eigenvalue weighted by molar-refractivity contribution is 5.78. The van der Waals surface area contributed by atoms with E-state index in [9.17, 15) is 4.79 Å². The fourth-order valence-electron chi connectivity index (χ4n) is 2.50. The van der Waals surface area contributed by atoms with E-state index in [0.717, 1.165) is 24.8 Å². The van der Waals surface area contributed by atoms with Gasteiger partial charge in [-0.3, -0.25) is 4.79 Å². The molecule has 0 aliphatic heterocycles. The van der Waals surface area contributed by atoms with Crippen molar-refractivity contribution < 1.29 is 4.79 Å². The minimum Gasteiger partial charge on any atom is -0.353 e. The van der Waals surface area contributed by atoms with E-state index >= 15 is 0 Å². The van der Waals surface area contributed by atoms with Crippen LogP contribution < -0.4 is 10.6 Å². The van der Waals surface area contributed by atoms with Crippen LogP contribution in [0.5, 0.6) is 0 Å². The maximum Gasteiger partial charge on any atom is 0.234 e.